The van der Waals surface area contributed by atoms with Gasteiger partial charge in [0, 0.05) is 11.3 Å². The molecule has 0 heterocycles. The summed E-state index contributed by atoms with van der Waals surface area (Å²) in [6.45, 7) is 10.7. The quantitative estimate of drug-likeness (QED) is 0.286. The molecule has 3 rings (SSSR count). The zero-order chi connectivity index (χ0) is 25.4. The monoisotopic (exact) mass is 477 g/mol. The van der Waals surface area contributed by atoms with Gasteiger partial charge in [-0.2, -0.15) is 0 Å². The molecule has 0 aliphatic carbocycles. The van der Waals surface area contributed by atoms with Crippen LogP contribution in [-0.2, 0) is 0 Å². The van der Waals surface area contributed by atoms with Gasteiger partial charge in [-0.25, -0.2) is 4.79 Å². The normalized spacial score (nSPS) is 10.4. The molecular weight excluding hydrogens is 446 g/mol. The predicted octanol–water partition coefficient (Wildman–Crippen LogP) is 5.97. The van der Waals surface area contributed by atoms with E-state index >= 15 is 0 Å². The Morgan fingerprint density at radius 3 is 1.89 bits per heavy atom. The van der Waals surface area contributed by atoms with Crippen molar-refractivity contribution in [1.82, 2.24) is 0 Å². The van der Waals surface area contributed by atoms with Gasteiger partial charge in [-0.1, -0.05) is 17.7 Å². The molecule has 0 unspecified atom stereocenters. The summed E-state index contributed by atoms with van der Waals surface area (Å²) in [5.74, 6) is 0.748. The van der Waals surface area contributed by atoms with Crippen LogP contribution < -0.4 is 24.3 Å². The number of hydrogen-bond acceptors (Lipinski definition) is 6. The molecule has 0 aliphatic heterocycles. The molecule has 0 aliphatic rings. The Kier molecular flexibility index (Phi) is 8.73. The first-order valence-electron chi connectivity index (χ1n) is 11.6. The second kappa shape index (κ2) is 11.9. The van der Waals surface area contributed by atoms with Gasteiger partial charge in [-0.15, -0.1) is 0 Å². The van der Waals surface area contributed by atoms with Crippen molar-refractivity contribution in [3.05, 3.63) is 76.9 Å². The molecule has 3 aromatic rings. The first-order chi connectivity index (χ1) is 16.9. The highest BCUT2D eigenvalue weighted by Crippen LogP contribution is 2.39. The van der Waals surface area contributed by atoms with Crippen molar-refractivity contribution in [1.29, 1.82) is 0 Å². The molecule has 0 bridgehead atoms. The maximum Gasteiger partial charge on any atom is 0.343 e. The summed E-state index contributed by atoms with van der Waals surface area (Å²) in [6, 6.07) is 15.4. The van der Waals surface area contributed by atoms with Crippen LogP contribution in [0.4, 0.5) is 5.69 Å². The number of ether oxygens (including phenoxy) is 4. The summed E-state index contributed by atoms with van der Waals surface area (Å²) in [5.41, 5.74) is 3.57. The van der Waals surface area contributed by atoms with Crippen molar-refractivity contribution in [3.8, 4) is 23.0 Å². The minimum atomic E-state index is -0.581. The van der Waals surface area contributed by atoms with Crippen molar-refractivity contribution in [2.45, 2.75) is 34.6 Å². The van der Waals surface area contributed by atoms with E-state index in [1.165, 1.54) is 0 Å². The fraction of sp³-hybridized carbons (Fsp3) is 0.286. The van der Waals surface area contributed by atoms with Gasteiger partial charge in [-0.05, 0) is 82.6 Å². The number of amides is 1. The first-order valence-corrected chi connectivity index (χ1v) is 11.6. The van der Waals surface area contributed by atoms with Crippen LogP contribution in [0.2, 0.25) is 0 Å². The first kappa shape index (κ1) is 25.6. The second-order valence-electron chi connectivity index (χ2n) is 7.79. The van der Waals surface area contributed by atoms with Gasteiger partial charge in [0.1, 0.15) is 5.75 Å². The maximum absolute atomic E-state index is 12.9. The van der Waals surface area contributed by atoms with Crippen LogP contribution in [0.3, 0.4) is 0 Å². The van der Waals surface area contributed by atoms with Crippen molar-refractivity contribution < 1.29 is 28.5 Å². The number of esters is 1. The molecule has 0 atom stereocenters. The smallest absolute Gasteiger partial charge is 0.343 e. The fourth-order valence-electron chi connectivity index (χ4n) is 3.50. The average molecular weight is 478 g/mol. The Morgan fingerprint density at radius 1 is 0.743 bits per heavy atom. The molecule has 3 aromatic carbocycles. The van der Waals surface area contributed by atoms with Gasteiger partial charge in [0.15, 0.2) is 11.5 Å². The Labute approximate surface area is 206 Å². The predicted molar refractivity (Wildman–Crippen MR) is 135 cm³/mol. The maximum atomic E-state index is 12.9. The van der Waals surface area contributed by atoms with Crippen molar-refractivity contribution >= 4 is 17.6 Å². The van der Waals surface area contributed by atoms with Crippen LogP contribution in [0, 0.1) is 13.8 Å². The number of hydrogen-bond donors (Lipinski definition) is 1. The highest BCUT2D eigenvalue weighted by Gasteiger charge is 2.20. The topological polar surface area (TPSA) is 83.1 Å². The summed E-state index contributed by atoms with van der Waals surface area (Å²) in [5, 5.41) is 2.91. The van der Waals surface area contributed by atoms with Gasteiger partial charge >= 0.3 is 5.97 Å². The zero-order valence-corrected chi connectivity index (χ0v) is 20.8. The molecule has 0 radical (unpaired) electrons. The second-order valence-corrected chi connectivity index (χ2v) is 7.79. The Hall–Kier alpha value is -4.00. The minimum Gasteiger partial charge on any atom is -0.490 e. The number of carbonyl (C=O) groups is 2. The summed E-state index contributed by atoms with van der Waals surface area (Å²) in [7, 11) is 0. The van der Waals surface area contributed by atoms with E-state index in [-0.39, 0.29) is 11.5 Å². The number of nitrogens with one attached hydrogen (secondary N) is 1. The molecule has 0 saturated heterocycles. The number of anilines is 1. The van der Waals surface area contributed by atoms with E-state index in [4.69, 9.17) is 18.9 Å². The third kappa shape index (κ3) is 6.53. The van der Waals surface area contributed by atoms with Crippen molar-refractivity contribution in [2.24, 2.45) is 0 Å². The molecule has 7 nitrogen and oxygen atoms in total. The van der Waals surface area contributed by atoms with Crippen LogP contribution in [0.15, 0.2) is 54.6 Å². The van der Waals surface area contributed by atoms with E-state index in [0.29, 0.717) is 48.4 Å². The lowest BCUT2D eigenvalue weighted by Crippen LogP contribution is -2.13. The Bertz CT molecular complexity index is 1160. The van der Waals surface area contributed by atoms with Crippen LogP contribution in [0.25, 0.3) is 0 Å². The largest absolute Gasteiger partial charge is 0.490 e. The standard InChI is InChI=1S/C28H31NO6/c1-6-32-24-16-21(17-25(33-7-2)26(24)34-8-3)28(31)35-22-12-10-20(11-13-22)27(30)29-23-14-9-18(4)15-19(23)5/h9-17H,6-8H2,1-5H3,(H,29,30). The fourth-order valence-corrected chi connectivity index (χ4v) is 3.50. The lowest BCUT2D eigenvalue weighted by Gasteiger charge is -2.16. The summed E-state index contributed by atoms with van der Waals surface area (Å²) in [6.07, 6.45) is 0. The highest BCUT2D eigenvalue weighted by atomic mass is 16.5. The van der Waals surface area contributed by atoms with Crippen LogP contribution in [0.1, 0.15) is 52.6 Å². The van der Waals surface area contributed by atoms with E-state index in [2.05, 4.69) is 5.32 Å². The van der Waals surface area contributed by atoms with Crippen LogP contribution in [0.5, 0.6) is 23.0 Å². The van der Waals surface area contributed by atoms with E-state index < -0.39 is 5.97 Å². The molecule has 0 aromatic heterocycles. The van der Waals surface area contributed by atoms with Crippen molar-refractivity contribution in [3.63, 3.8) is 0 Å². The minimum absolute atomic E-state index is 0.246. The van der Waals surface area contributed by atoms with E-state index in [1.807, 2.05) is 52.8 Å². The molecule has 1 amide bonds. The highest BCUT2D eigenvalue weighted by molar-refractivity contribution is 6.04. The molecule has 0 saturated carbocycles. The average Bonchev–Trinajstić information content (AvgIpc) is 2.83. The van der Waals surface area contributed by atoms with Gasteiger partial charge in [0.05, 0.1) is 25.4 Å². The van der Waals surface area contributed by atoms with Gasteiger partial charge < -0.3 is 24.3 Å². The summed E-state index contributed by atoms with van der Waals surface area (Å²) >= 11 is 0. The van der Waals surface area contributed by atoms with Crippen molar-refractivity contribution in [2.75, 3.05) is 25.1 Å². The summed E-state index contributed by atoms with van der Waals surface area (Å²) < 4.78 is 22.5. The van der Waals surface area contributed by atoms with Crippen LogP contribution >= 0.6 is 0 Å². The molecule has 0 spiro atoms. The molecule has 1 N–H and O–H groups in total. The number of rotatable bonds is 10. The van der Waals surface area contributed by atoms with E-state index in [0.717, 1.165) is 16.8 Å². The Morgan fingerprint density at radius 2 is 1.34 bits per heavy atom. The Balaban J connectivity index is 1.75. The molecule has 0 fully saturated rings. The lowest BCUT2D eigenvalue weighted by molar-refractivity contribution is 0.0733. The van der Waals surface area contributed by atoms with E-state index in [1.54, 1.807) is 36.4 Å². The number of aryl methyl sites for hydroxylation is 2. The zero-order valence-electron chi connectivity index (χ0n) is 20.8. The van der Waals surface area contributed by atoms with Gasteiger partial charge in [0.2, 0.25) is 5.75 Å². The lowest BCUT2D eigenvalue weighted by atomic mass is 10.1. The van der Waals surface area contributed by atoms with Gasteiger partial charge in [0.25, 0.3) is 5.91 Å². The molecule has 35 heavy (non-hydrogen) atoms. The summed E-state index contributed by atoms with van der Waals surface area (Å²) in [4.78, 5) is 25.5. The molecular formula is C28H31NO6. The molecule has 184 valence electrons. The third-order valence-corrected chi connectivity index (χ3v) is 5.10. The number of carbonyl (C=O) groups excluding carboxylic acids is 2. The van der Waals surface area contributed by atoms with E-state index in [9.17, 15) is 9.59 Å². The third-order valence-electron chi connectivity index (χ3n) is 5.10. The number of benzene rings is 3. The molecule has 7 heteroatoms. The van der Waals surface area contributed by atoms with Crippen LogP contribution in [-0.4, -0.2) is 31.7 Å². The SMILES string of the molecule is CCOc1cc(C(=O)Oc2ccc(C(=O)Nc3ccc(C)cc3C)cc2)cc(OCC)c1OCC. The van der Waals surface area contributed by atoms with Gasteiger partial charge in [-0.3, -0.25) is 4.79 Å².